The van der Waals surface area contributed by atoms with Crippen molar-refractivity contribution in [2.75, 3.05) is 6.54 Å². The third-order valence-corrected chi connectivity index (χ3v) is 3.16. The van der Waals surface area contributed by atoms with Gasteiger partial charge < -0.3 is 4.90 Å². The first kappa shape index (κ1) is 9.87. The van der Waals surface area contributed by atoms with E-state index in [2.05, 4.69) is 0 Å². The first-order chi connectivity index (χ1) is 6.58. The van der Waals surface area contributed by atoms with Crippen LogP contribution in [0.15, 0.2) is 0 Å². The molecule has 2 nitrogen and oxygen atoms in total. The van der Waals surface area contributed by atoms with Gasteiger partial charge in [-0.15, -0.1) is 0 Å². The molecule has 2 fully saturated rings. The summed E-state index contributed by atoms with van der Waals surface area (Å²) < 4.78 is 26.2. The van der Waals surface area contributed by atoms with Crippen molar-refractivity contribution in [2.45, 2.75) is 50.5 Å². The SMILES string of the molecule is O=C1CCCN1C1CCCC(F)(F)C1. The van der Waals surface area contributed by atoms with Crippen LogP contribution < -0.4 is 0 Å². The summed E-state index contributed by atoms with van der Waals surface area (Å²) in [5.74, 6) is -2.49. The Kier molecular flexibility index (Phi) is 2.45. The predicted octanol–water partition coefficient (Wildman–Crippen LogP) is 2.19. The van der Waals surface area contributed by atoms with Crippen LogP contribution in [0, 0.1) is 0 Å². The minimum absolute atomic E-state index is 0.00840. The van der Waals surface area contributed by atoms with Gasteiger partial charge in [0.1, 0.15) is 0 Å². The Morgan fingerprint density at radius 2 is 2.14 bits per heavy atom. The lowest BCUT2D eigenvalue weighted by Crippen LogP contribution is -2.42. The van der Waals surface area contributed by atoms with Crippen molar-refractivity contribution in [2.24, 2.45) is 0 Å². The molecule has 0 aromatic rings. The summed E-state index contributed by atoms with van der Waals surface area (Å²) in [5.41, 5.74) is 0. The molecule has 1 unspecified atom stereocenters. The van der Waals surface area contributed by atoms with E-state index < -0.39 is 5.92 Å². The minimum atomic E-state index is -2.55. The van der Waals surface area contributed by atoms with Crippen LogP contribution in [0.3, 0.4) is 0 Å². The third kappa shape index (κ3) is 1.88. The topological polar surface area (TPSA) is 20.3 Å². The molecular formula is C10H15F2NO. The second-order valence-corrected chi connectivity index (χ2v) is 4.30. The summed E-state index contributed by atoms with van der Waals surface area (Å²) in [4.78, 5) is 13.0. The Morgan fingerprint density at radius 1 is 1.36 bits per heavy atom. The highest BCUT2D eigenvalue weighted by Gasteiger charge is 2.40. The third-order valence-electron chi connectivity index (χ3n) is 3.16. The molecule has 1 saturated heterocycles. The number of hydrogen-bond acceptors (Lipinski definition) is 1. The average molecular weight is 203 g/mol. The molecule has 0 bridgehead atoms. The molecule has 4 heteroatoms. The van der Waals surface area contributed by atoms with Crippen molar-refractivity contribution < 1.29 is 13.6 Å². The normalized spacial score (nSPS) is 32.3. The van der Waals surface area contributed by atoms with E-state index in [-0.39, 0.29) is 24.8 Å². The maximum Gasteiger partial charge on any atom is 0.250 e. The molecule has 0 spiro atoms. The lowest BCUT2D eigenvalue weighted by molar-refractivity contribution is -0.133. The molecule has 1 aliphatic carbocycles. The highest BCUT2D eigenvalue weighted by molar-refractivity contribution is 5.78. The molecule has 0 N–H and O–H groups in total. The molecule has 0 aromatic carbocycles. The van der Waals surface area contributed by atoms with Crippen molar-refractivity contribution in [3.8, 4) is 0 Å². The smallest absolute Gasteiger partial charge is 0.250 e. The highest BCUT2D eigenvalue weighted by atomic mass is 19.3. The van der Waals surface area contributed by atoms with E-state index in [1.807, 2.05) is 0 Å². The van der Waals surface area contributed by atoms with E-state index in [1.165, 1.54) is 0 Å². The number of alkyl halides is 2. The van der Waals surface area contributed by atoms with Crippen LogP contribution in [-0.4, -0.2) is 29.3 Å². The number of hydrogen-bond donors (Lipinski definition) is 0. The molecule has 1 aliphatic heterocycles. The molecule has 2 rings (SSSR count). The fourth-order valence-corrected chi connectivity index (χ4v) is 2.47. The number of likely N-dealkylation sites (tertiary alicyclic amines) is 1. The summed E-state index contributed by atoms with van der Waals surface area (Å²) in [7, 11) is 0. The molecule has 1 atom stereocenters. The van der Waals surface area contributed by atoms with E-state index in [9.17, 15) is 13.6 Å². The van der Waals surface area contributed by atoms with Gasteiger partial charge in [0, 0.05) is 31.8 Å². The quantitative estimate of drug-likeness (QED) is 0.639. The Hall–Kier alpha value is -0.670. The van der Waals surface area contributed by atoms with Crippen molar-refractivity contribution in [3.63, 3.8) is 0 Å². The molecule has 1 amide bonds. The Labute approximate surface area is 82.3 Å². The van der Waals surface area contributed by atoms with E-state index in [1.54, 1.807) is 4.90 Å². The van der Waals surface area contributed by atoms with E-state index in [0.717, 1.165) is 12.8 Å². The number of rotatable bonds is 1. The zero-order valence-electron chi connectivity index (χ0n) is 8.14. The van der Waals surface area contributed by atoms with Gasteiger partial charge in [-0.1, -0.05) is 0 Å². The van der Waals surface area contributed by atoms with Gasteiger partial charge in [0.05, 0.1) is 0 Å². The second kappa shape index (κ2) is 3.48. The summed E-state index contributed by atoms with van der Waals surface area (Å²) >= 11 is 0. The largest absolute Gasteiger partial charge is 0.339 e. The second-order valence-electron chi connectivity index (χ2n) is 4.30. The van der Waals surface area contributed by atoms with Crippen molar-refractivity contribution in [3.05, 3.63) is 0 Å². The molecule has 1 heterocycles. The number of amides is 1. The average Bonchev–Trinajstić information content (AvgIpc) is 2.49. The monoisotopic (exact) mass is 203 g/mol. The van der Waals surface area contributed by atoms with Gasteiger partial charge in [0.25, 0.3) is 0 Å². The summed E-state index contributed by atoms with van der Waals surface area (Å²) in [6, 6.07) is -0.200. The van der Waals surface area contributed by atoms with E-state index in [0.29, 0.717) is 19.4 Å². The van der Waals surface area contributed by atoms with Crippen molar-refractivity contribution in [1.82, 2.24) is 4.90 Å². The van der Waals surface area contributed by atoms with Gasteiger partial charge >= 0.3 is 0 Å². The summed E-state index contributed by atoms with van der Waals surface area (Å²) in [6.07, 6.45) is 2.54. The van der Waals surface area contributed by atoms with Crippen LogP contribution in [0.2, 0.25) is 0 Å². The summed E-state index contributed by atoms with van der Waals surface area (Å²) in [5, 5.41) is 0. The molecule has 0 radical (unpaired) electrons. The van der Waals surface area contributed by atoms with Gasteiger partial charge in [-0.3, -0.25) is 4.79 Å². The fourth-order valence-electron chi connectivity index (χ4n) is 2.47. The molecule has 80 valence electrons. The standard InChI is InChI=1S/C10H15F2NO/c11-10(12)5-1-3-8(7-10)13-6-2-4-9(13)14/h8H,1-7H2. The van der Waals surface area contributed by atoms with Crippen molar-refractivity contribution in [1.29, 1.82) is 0 Å². The molecule has 14 heavy (non-hydrogen) atoms. The zero-order chi connectivity index (χ0) is 10.2. The molecular weight excluding hydrogens is 188 g/mol. The van der Waals surface area contributed by atoms with Crippen LogP contribution in [0.25, 0.3) is 0 Å². The maximum atomic E-state index is 13.1. The van der Waals surface area contributed by atoms with Crippen LogP contribution in [-0.2, 0) is 4.79 Å². The van der Waals surface area contributed by atoms with Crippen LogP contribution in [0.4, 0.5) is 8.78 Å². The van der Waals surface area contributed by atoms with Gasteiger partial charge in [-0.2, -0.15) is 0 Å². The highest BCUT2D eigenvalue weighted by Crippen LogP contribution is 2.36. The Balaban J connectivity index is 2.00. The Bertz CT molecular complexity index is 242. The lowest BCUT2D eigenvalue weighted by Gasteiger charge is -2.35. The first-order valence-corrected chi connectivity index (χ1v) is 5.26. The number of carbonyl (C=O) groups excluding carboxylic acids is 1. The zero-order valence-corrected chi connectivity index (χ0v) is 8.14. The number of carbonyl (C=O) groups is 1. The van der Waals surface area contributed by atoms with E-state index in [4.69, 9.17) is 0 Å². The fraction of sp³-hybridized carbons (Fsp3) is 0.900. The maximum absolute atomic E-state index is 13.1. The Morgan fingerprint density at radius 3 is 2.71 bits per heavy atom. The first-order valence-electron chi connectivity index (χ1n) is 5.26. The van der Waals surface area contributed by atoms with Gasteiger partial charge in [0.2, 0.25) is 11.8 Å². The number of halogens is 2. The van der Waals surface area contributed by atoms with Crippen LogP contribution in [0.1, 0.15) is 38.5 Å². The van der Waals surface area contributed by atoms with Gasteiger partial charge in [-0.25, -0.2) is 8.78 Å². The van der Waals surface area contributed by atoms with Gasteiger partial charge in [-0.05, 0) is 19.3 Å². The minimum Gasteiger partial charge on any atom is -0.339 e. The molecule has 1 saturated carbocycles. The summed E-state index contributed by atoms with van der Waals surface area (Å²) in [6.45, 7) is 0.680. The van der Waals surface area contributed by atoms with Crippen molar-refractivity contribution >= 4 is 5.91 Å². The van der Waals surface area contributed by atoms with Crippen LogP contribution >= 0.6 is 0 Å². The molecule has 0 aromatic heterocycles. The van der Waals surface area contributed by atoms with Gasteiger partial charge in [0.15, 0.2) is 0 Å². The lowest BCUT2D eigenvalue weighted by atomic mass is 9.91. The predicted molar refractivity (Wildman–Crippen MR) is 48.2 cm³/mol. The van der Waals surface area contributed by atoms with Crippen LogP contribution in [0.5, 0.6) is 0 Å². The van der Waals surface area contributed by atoms with E-state index >= 15 is 0 Å². The number of nitrogens with zero attached hydrogens (tertiary/aromatic N) is 1. The molecule has 2 aliphatic rings.